The van der Waals surface area contributed by atoms with Crippen molar-refractivity contribution in [3.63, 3.8) is 0 Å². The summed E-state index contributed by atoms with van der Waals surface area (Å²) >= 11 is 1.12. The molecule has 0 aliphatic heterocycles. The van der Waals surface area contributed by atoms with Crippen molar-refractivity contribution in [1.29, 1.82) is 0 Å². The van der Waals surface area contributed by atoms with E-state index in [4.69, 9.17) is 4.42 Å². The van der Waals surface area contributed by atoms with Crippen LogP contribution in [-0.2, 0) is 6.42 Å². The quantitative estimate of drug-likeness (QED) is 0.576. The van der Waals surface area contributed by atoms with E-state index in [1.807, 2.05) is 61.5 Å². The van der Waals surface area contributed by atoms with Crippen LogP contribution in [0.4, 0.5) is 5.69 Å². The average Bonchev–Trinajstić information content (AvgIpc) is 3.28. The highest BCUT2D eigenvalue weighted by atomic mass is 32.1. The predicted molar refractivity (Wildman–Crippen MR) is 98.9 cm³/mol. The molecule has 0 saturated carbocycles. The highest BCUT2D eigenvalue weighted by Gasteiger charge is 2.15. The van der Waals surface area contributed by atoms with Gasteiger partial charge in [-0.2, -0.15) is 0 Å². The molecule has 4 rings (SSSR count). The fraction of sp³-hybridized carbons (Fsp3) is 0.105. The van der Waals surface area contributed by atoms with Gasteiger partial charge in [0.2, 0.25) is 0 Å². The second kappa shape index (κ2) is 6.49. The number of rotatable bonds is 4. The lowest BCUT2D eigenvalue weighted by molar-refractivity contribution is 0.102. The topological polar surface area (TPSA) is 68.0 Å². The van der Waals surface area contributed by atoms with E-state index >= 15 is 0 Å². The molecule has 0 radical (unpaired) electrons. The zero-order valence-corrected chi connectivity index (χ0v) is 14.3. The van der Waals surface area contributed by atoms with E-state index in [1.54, 1.807) is 0 Å². The summed E-state index contributed by atoms with van der Waals surface area (Å²) in [7, 11) is 0. The molecule has 6 heteroatoms. The Hall–Kier alpha value is -2.99. The number of para-hydroxylation sites is 1. The molecule has 5 nitrogen and oxygen atoms in total. The summed E-state index contributed by atoms with van der Waals surface area (Å²) in [6, 6.07) is 17.5. The minimum Gasteiger partial charge on any atom is -0.456 e. The third-order valence-electron chi connectivity index (χ3n) is 3.95. The first kappa shape index (κ1) is 15.5. The Morgan fingerprint density at radius 2 is 1.96 bits per heavy atom. The molecule has 4 aromatic rings. The van der Waals surface area contributed by atoms with Crippen LogP contribution >= 0.6 is 11.5 Å². The Morgan fingerprint density at radius 1 is 1.16 bits per heavy atom. The van der Waals surface area contributed by atoms with Crippen LogP contribution in [0.5, 0.6) is 0 Å². The number of carbonyl (C=O) groups excluding carboxylic acids is 1. The third-order valence-corrected chi connectivity index (χ3v) is 4.72. The van der Waals surface area contributed by atoms with Crippen molar-refractivity contribution in [2.75, 3.05) is 5.32 Å². The van der Waals surface area contributed by atoms with Crippen molar-refractivity contribution in [3.05, 3.63) is 65.2 Å². The molecule has 0 bridgehead atoms. The van der Waals surface area contributed by atoms with E-state index in [-0.39, 0.29) is 5.91 Å². The minimum absolute atomic E-state index is 0.177. The molecule has 0 atom stereocenters. The molecule has 25 heavy (non-hydrogen) atoms. The Bertz CT molecular complexity index is 1000. The van der Waals surface area contributed by atoms with Gasteiger partial charge in [0.05, 0.1) is 5.69 Å². The molecule has 1 amide bonds. The maximum atomic E-state index is 12.3. The summed E-state index contributed by atoms with van der Waals surface area (Å²) in [5.41, 5.74) is 3.27. The number of nitrogens with one attached hydrogen (secondary N) is 1. The molecule has 0 fully saturated rings. The fourth-order valence-electron chi connectivity index (χ4n) is 2.64. The first-order valence-electron chi connectivity index (χ1n) is 7.96. The SMILES string of the molecule is CCc1nnsc1C(=O)Nc1ccc(-c2cc3ccccc3o2)cc1. The van der Waals surface area contributed by atoms with Crippen LogP contribution < -0.4 is 5.32 Å². The maximum Gasteiger partial charge on any atom is 0.269 e. The summed E-state index contributed by atoms with van der Waals surface area (Å²) in [6.07, 6.45) is 0.685. The van der Waals surface area contributed by atoms with Crippen molar-refractivity contribution in [2.24, 2.45) is 0 Å². The molecule has 0 aliphatic rings. The average molecular weight is 349 g/mol. The smallest absolute Gasteiger partial charge is 0.269 e. The predicted octanol–water partition coefficient (Wildman–Crippen LogP) is 4.77. The van der Waals surface area contributed by atoms with Crippen molar-refractivity contribution in [1.82, 2.24) is 9.59 Å². The largest absolute Gasteiger partial charge is 0.456 e. The summed E-state index contributed by atoms with van der Waals surface area (Å²) in [5, 5.41) is 7.92. The van der Waals surface area contributed by atoms with Gasteiger partial charge in [-0.3, -0.25) is 4.79 Å². The molecular formula is C19H15N3O2S. The van der Waals surface area contributed by atoms with Gasteiger partial charge < -0.3 is 9.73 Å². The van der Waals surface area contributed by atoms with Crippen molar-refractivity contribution in [2.45, 2.75) is 13.3 Å². The van der Waals surface area contributed by atoms with Gasteiger partial charge in [-0.25, -0.2) is 0 Å². The number of fused-ring (bicyclic) bond motifs is 1. The van der Waals surface area contributed by atoms with Crippen LogP contribution in [0.2, 0.25) is 0 Å². The number of anilines is 1. The number of amides is 1. The molecule has 0 aliphatic carbocycles. The summed E-state index contributed by atoms with van der Waals surface area (Å²) < 4.78 is 9.71. The highest BCUT2D eigenvalue weighted by Crippen LogP contribution is 2.28. The second-order valence-electron chi connectivity index (χ2n) is 5.58. The fourth-order valence-corrected chi connectivity index (χ4v) is 3.29. The number of aryl methyl sites for hydroxylation is 1. The lowest BCUT2D eigenvalue weighted by Crippen LogP contribution is -2.12. The van der Waals surface area contributed by atoms with Gasteiger partial charge in [-0.15, -0.1) is 5.10 Å². The molecule has 2 aromatic carbocycles. The number of carbonyl (C=O) groups is 1. The van der Waals surface area contributed by atoms with E-state index in [2.05, 4.69) is 14.9 Å². The Labute approximate surface area is 148 Å². The molecular weight excluding hydrogens is 334 g/mol. The number of aromatic nitrogens is 2. The van der Waals surface area contributed by atoms with Crippen LogP contribution in [-0.4, -0.2) is 15.5 Å². The molecule has 0 saturated heterocycles. The Morgan fingerprint density at radius 3 is 2.72 bits per heavy atom. The first-order valence-corrected chi connectivity index (χ1v) is 8.73. The normalized spacial score (nSPS) is 10.9. The van der Waals surface area contributed by atoms with Gasteiger partial charge in [0.1, 0.15) is 16.2 Å². The Kier molecular flexibility index (Phi) is 4.03. The van der Waals surface area contributed by atoms with E-state index in [0.717, 1.165) is 45.2 Å². The van der Waals surface area contributed by atoms with Crippen LogP contribution in [0, 0.1) is 0 Å². The lowest BCUT2D eigenvalue weighted by atomic mass is 10.1. The van der Waals surface area contributed by atoms with Crippen LogP contribution in [0.15, 0.2) is 59.0 Å². The van der Waals surface area contributed by atoms with Crippen LogP contribution in [0.3, 0.4) is 0 Å². The number of benzene rings is 2. The zero-order valence-electron chi connectivity index (χ0n) is 13.5. The van der Waals surface area contributed by atoms with Crippen molar-refractivity contribution >= 4 is 34.1 Å². The van der Waals surface area contributed by atoms with Gasteiger partial charge in [0.15, 0.2) is 0 Å². The van der Waals surface area contributed by atoms with Crippen molar-refractivity contribution < 1.29 is 9.21 Å². The number of hydrogen-bond donors (Lipinski definition) is 1. The molecule has 0 unspecified atom stereocenters. The Balaban J connectivity index is 1.54. The van der Waals surface area contributed by atoms with E-state index < -0.39 is 0 Å². The molecule has 2 aromatic heterocycles. The van der Waals surface area contributed by atoms with Gasteiger partial charge >= 0.3 is 0 Å². The summed E-state index contributed by atoms with van der Waals surface area (Å²) in [6.45, 7) is 1.95. The minimum atomic E-state index is -0.177. The van der Waals surface area contributed by atoms with E-state index in [0.29, 0.717) is 11.3 Å². The van der Waals surface area contributed by atoms with Crippen LogP contribution in [0.25, 0.3) is 22.3 Å². The van der Waals surface area contributed by atoms with E-state index in [9.17, 15) is 4.79 Å². The maximum absolute atomic E-state index is 12.3. The number of nitrogens with zero attached hydrogens (tertiary/aromatic N) is 2. The van der Waals surface area contributed by atoms with Crippen LogP contribution in [0.1, 0.15) is 22.3 Å². The molecule has 0 spiro atoms. The van der Waals surface area contributed by atoms with Gasteiger partial charge in [-0.05, 0) is 54.4 Å². The standard InChI is InChI=1S/C19H15N3O2S/c1-2-15-18(25-22-21-15)19(23)20-14-9-7-12(8-10-14)17-11-13-5-3-4-6-16(13)24-17/h3-11H,2H2,1H3,(H,20,23). The molecule has 2 heterocycles. The summed E-state index contributed by atoms with van der Waals surface area (Å²) in [5.74, 6) is 0.627. The number of furan rings is 1. The second-order valence-corrected chi connectivity index (χ2v) is 6.34. The van der Waals surface area contributed by atoms with Gasteiger partial charge in [0, 0.05) is 16.6 Å². The first-order chi connectivity index (χ1) is 12.2. The van der Waals surface area contributed by atoms with Gasteiger partial charge in [0.25, 0.3) is 5.91 Å². The highest BCUT2D eigenvalue weighted by molar-refractivity contribution is 7.08. The number of hydrogen-bond acceptors (Lipinski definition) is 5. The third kappa shape index (κ3) is 3.04. The lowest BCUT2D eigenvalue weighted by Gasteiger charge is -2.05. The van der Waals surface area contributed by atoms with Crippen molar-refractivity contribution in [3.8, 4) is 11.3 Å². The monoisotopic (exact) mass is 349 g/mol. The van der Waals surface area contributed by atoms with Gasteiger partial charge in [-0.1, -0.05) is 29.6 Å². The molecule has 1 N–H and O–H groups in total. The van der Waals surface area contributed by atoms with E-state index in [1.165, 1.54) is 0 Å². The zero-order chi connectivity index (χ0) is 17.2. The summed E-state index contributed by atoms with van der Waals surface area (Å²) in [4.78, 5) is 12.9. The molecule has 124 valence electrons.